The first-order chi connectivity index (χ1) is 7.27. The predicted molar refractivity (Wildman–Crippen MR) is 56.9 cm³/mol. The molecular formula is C11H13N2O2. The van der Waals surface area contributed by atoms with Crippen LogP contribution in [0.25, 0.3) is 0 Å². The van der Waals surface area contributed by atoms with Gasteiger partial charge in [0.05, 0.1) is 13.2 Å². The molecule has 0 unspecified atom stereocenters. The molecule has 0 aromatic heterocycles. The number of hydrogen-bond acceptors (Lipinski definition) is 3. The van der Waals surface area contributed by atoms with Gasteiger partial charge in [0.2, 0.25) is 0 Å². The molecule has 0 bridgehead atoms. The van der Waals surface area contributed by atoms with E-state index in [1.807, 2.05) is 12.1 Å². The monoisotopic (exact) mass is 205 g/mol. The van der Waals surface area contributed by atoms with Gasteiger partial charge in [0.25, 0.3) is 5.91 Å². The summed E-state index contributed by atoms with van der Waals surface area (Å²) in [4.78, 5) is 13.0. The van der Waals surface area contributed by atoms with E-state index in [0.717, 1.165) is 32.0 Å². The van der Waals surface area contributed by atoms with E-state index < -0.39 is 5.91 Å². The highest BCUT2D eigenvalue weighted by atomic mass is 16.5. The molecule has 1 fully saturated rings. The quantitative estimate of drug-likeness (QED) is 0.722. The number of anilines is 1. The Hall–Kier alpha value is -1.55. The predicted octanol–water partition coefficient (Wildman–Crippen LogP) is 0.946. The van der Waals surface area contributed by atoms with Crippen LogP contribution in [0.2, 0.25) is 0 Å². The summed E-state index contributed by atoms with van der Waals surface area (Å²) in [5.74, 6) is -0.636. The molecule has 1 amide bonds. The fraction of sp³-hybridized carbons (Fsp3) is 0.364. The zero-order valence-corrected chi connectivity index (χ0v) is 8.40. The Morgan fingerprint density at radius 2 is 1.80 bits per heavy atom. The number of hydrogen-bond donors (Lipinski definition) is 0. The van der Waals surface area contributed by atoms with Crippen molar-refractivity contribution in [1.29, 1.82) is 0 Å². The number of morpholine rings is 1. The first-order valence-corrected chi connectivity index (χ1v) is 4.96. The Balaban J connectivity index is 2.11. The van der Waals surface area contributed by atoms with Crippen LogP contribution in [0, 0.1) is 0 Å². The van der Waals surface area contributed by atoms with E-state index in [-0.39, 0.29) is 0 Å². The second-order valence-corrected chi connectivity index (χ2v) is 3.48. The van der Waals surface area contributed by atoms with Gasteiger partial charge in [0.1, 0.15) is 0 Å². The maximum atomic E-state index is 10.8. The minimum absolute atomic E-state index is 0.437. The first-order valence-electron chi connectivity index (χ1n) is 4.96. The van der Waals surface area contributed by atoms with Crippen molar-refractivity contribution in [3.05, 3.63) is 29.8 Å². The van der Waals surface area contributed by atoms with Gasteiger partial charge in [-0.15, -0.1) is 0 Å². The first kappa shape index (κ1) is 9.98. The smallest absolute Gasteiger partial charge is 0.269 e. The lowest BCUT2D eigenvalue weighted by molar-refractivity contribution is 0.0992. The number of carbonyl (C=O) groups is 1. The fourth-order valence-electron chi connectivity index (χ4n) is 1.65. The Kier molecular flexibility index (Phi) is 2.87. The SMILES string of the molecule is [NH]C(=O)c1ccc(N2CCOCC2)cc1. The van der Waals surface area contributed by atoms with Gasteiger partial charge in [-0.1, -0.05) is 0 Å². The number of rotatable bonds is 2. The molecule has 1 radical (unpaired) electrons. The van der Waals surface area contributed by atoms with Crippen molar-refractivity contribution in [3.63, 3.8) is 0 Å². The third-order valence-electron chi connectivity index (χ3n) is 2.51. The van der Waals surface area contributed by atoms with Crippen molar-refractivity contribution in [2.45, 2.75) is 0 Å². The van der Waals surface area contributed by atoms with Crippen LogP contribution in [0.3, 0.4) is 0 Å². The maximum absolute atomic E-state index is 10.8. The van der Waals surface area contributed by atoms with Gasteiger partial charge in [-0.3, -0.25) is 10.5 Å². The molecule has 1 aliphatic rings. The third-order valence-corrected chi connectivity index (χ3v) is 2.51. The number of nitrogens with one attached hydrogen (secondary N) is 1. The van der Waals surface area contributed by atoms with Gasteiger partial charge in [0.15, 0.2) is 0 Å². The Morgan fingerprint density at radius 3 is 2.33 bits per heavy atom. The zero-order chi connectivity index (χ0) is 10.7. The molecule has 2 rings (SSSR count). The number of nitrogens with zero attached hydrogens (tertiary/aromatic N) is 1. The van der Waals surface area contributed by atoms with Gasteiger partial charge in [-0.05, 0) is 24.3 Å². The minimum Gasteiger partial charge on any atom is -0.378 e. The number of carbonyl (C=O) groups excluding carboxylic acids is 1. The van der Waals surface area contributed by atoms with Crippen molar-refractivity contribution in [1.82, 2.24) is 5.73 Å². The van der Waals surface area contributed by atoms with E-state index in [9.17, 15) is 4.79 Å². The van der Waals surface area contributed by atoms with Crippen molar-refractivity contribution in [2.24, 2.45) is 0 Å². The van der Waals surface area contributed by atoms with Crippen LogP contribution < -0.4 is 10.6 Å². The molecule has 15 heavy (non-hydrogen) atoms. The molecular weight excluding hydrogens is 192 g/mol. The summed E-state index contributed by atoms with van der Waals surface area (Å²) >= 11 is 0. The molecule has 79 valence electrons. The molecule has 1 N–H and O–H groups in total. The van der Waals surface area contributed by atoms with Crippen LogP contribution in [0.15, 0.2) is 24.3 Å². The second-order valence-electron chi connectivity index (χ2n) is 3.48. The van der Waals surface area contributed by atoms with Crippen LogP contribution in [0.4, 0.5) is 5.69 Å². The van der Waals surface area contributed by atoms with Crippen LogP contribution >= 0.6 is 0 Å². The number of ether oxygens (including phenoxy) is 1. The van der Waals surface area contributed by atoms with Gasteiger partial charge in [-0.25, -0.2) is 0 Å². The third kappa shape index (κ3) is 2.27. The molecule has 1 heterocycles. The highest BCUT2D eigenvalue weighted by Gasteiger charge is 2.11. The molecule has 1 aliphatic heterocycles. The highest BCUT2D eigenvalue weighted by molar-refractivity contribution is 5.92. The molecule has 0 spiro atoms. The summed E-state index contributed by atoms with van der Waals surface area (Å²) in [5.41, 5.74) is 8.48. The van der Waals surface area contributed by atoms with Crippen LogP contribution in [-0.4, -0.2) is 32.2 Å². The molecule has 0 atom stereocenters. The lowest BCUT2D eigenvalue weighted by atomic mass is 10.2. The van der Waals surface area contributed by atoms with Crippen LogP contribution in [0.5, 0.6) is 0 Å². The molecule has 4 nitrogen and oxygen atoms in total. The summed E-state index contributed by atoms with van der Waals surface area (Å²) < 4.78 is 5.26. The summed E-state index contributed by atoms with van der Waals surface area (Å²) in [6, 6.07) is 7.15. The summed E-state index contributed by atoms with van der Waals surface area (Å²) in [6.07, 6.45) is 0. The van der Waals surface area contributed by atoms with E-state index in [2.05, 4.69) is 4.90 Å². The Labute approximate surface area is 88.6 Å². The van der Waals surface area contributed by atoms with Gasteiger partial charge >= 0.3 is 0 Å². The Bertz CT molecular complexity index is 342. The normalized spacial score (nSPS) is 16.4. The molecule has 1 saturated heterocycles. The number of benzene rings is 1. The molecule has 4 heteroatoms. The van der Waals surface area contributed by atoms with E-state index in [1.165, 1.54) is 0 Å². The van der Waals surface area contributed by atoms with E-state index in [0.29, 0.717) is 5.56 Å². The number of amides is 1. The molecule has 1 aromatic rings. The second kappa shape index (κ2) is 4.31. The minimum atomic E-state index is -0.636. The summed E-state index contributed by atoms with van der Waals surface area (Å²) in [7, 11) is 0. The van der Waals surface area contributed by atoms with Crippen LogP contribution in [-0.2, 0) is 4.74 Å². The van der Waals surface area contributed by atoms with Gasteiger partial charge < -0.3 is 9.64 Å². The van der Waals surface area contributed by atoms with Crippen molar-refractivity contribution < 1.29 is 9.53 Å². The largest absolute Gasteiger partial charge is 0.378 e. The van der Waals surface area contributed by atoms with E-state index in [4.69, 9.17) is 10.5 Å². The average molecular weight is 205 g/mol. The standard InChI is InChI=1S/C11H13N2O2/c12-11(14)9-1-3-10(4-2-9)13-5-7-15-8-6-13/h1-4,12H,5-8H2. The van der Waals surface area contributed by atoms with E-state index in [1.54, 1.807) is 12.1 Å². The maximum Gasteiger partial charge on any atom is 0.269 e. The molecule has 0 saturated carbocycles. The Morgan fingerprint density at radius 1 is 1.20 bits per heavy atom. The van der Waals surface area contributed by atoms with Crippen LogP contribution in [0.1, 0.15) is 10.4 Å². The van der Waals surface area contributed by atoms with Crippen molar-refractivity contribution in [2.75, 3.05) is 31.2 Å². The fourth-order valence-corrected chi connectivity index (χ4v) is 1.65. The van der Waals surface area contributed by atoms with E-state index >= 15 is 0 Å². The molecule has 1 aromatic carbocycles. The topological polar surface area (TPSA) is 53.3 Å². The lowest BCUT2D eigenvalue weighted by Gasteiger charge is -2.28. The molecule has 0 aliphatic carbocycles. The van der Waals surface area contributed by atoms with Gasteiger partial charge in [-0.2, -0.15) is 0 Å². The van der Waals surface area contributed by atoms with Gasteiger partial charge in [0, 0.05) is 24.3 Å². The zero-order valence-electron chi connectivity index (χ0n) is 8.40. The van der Waals surface area contributed by atoms with Crippen molar-refractivity contribution >= 4 is 11.6 Å². The van der Waals surface area contributed by atoms with Crippen molar-refractivity contribution in [3.8, 4) is 0 Å². The summed E-state index contributed by atoms with van der Waals surface area (Å²) in [5, 5.41) is 0. The average Bonchev–Trinajstić information content (AvgIpc) is 2.30. The lowest BCUT2D eigenvalue weighted by Crippen LogP contribution is -2.36. The summed E-state index contributed by atoms with van der Waals surface area (Å²) in [6.45, 7) is 3.26. The highest BCUT2D eigenvalue weighted by Crippen LogP contribution is 2.16.